The van der Waals surface area contributed by atoms with Crippen LogP contribution in [0, 0.1) is 5.82 Å². The Balaban J connectivity index is 2.34. The molecule has 0 spiro atoms. The van der Waals surface area contributed by atoms with Crippen LogP contribution < -0.4 is 4.90 Å². The summed E-state index contributed by atoms with van der Waals surface area (Å²) in [6, 6.07) is 10.5. The summed E-state index contributed by atoms with van der Waals surface area (Å²) in [4.78, 5) is 6.29. The minimum Gasteiger partial charge on any atom is -0.353 e. The van der Waals surface area contributed by atoms with Gasteiger partial charge in [-0.05, 0) is 19.1 Å². The van der Waals surface area contributed by atoms with Gasteiger partial charge in [-0.2, -0.15) is 0 Å². The Kier molecular flexibility index (Phi) is 4.38. The summed E-state index contributed by atoms with van der Waals surface area (Å²) in [5, 5.41) is 0. The Bertz CT molecular complexity index is 559. The van der Waals surface area contributed by atoms with Gasteiger partial charge in [-0.15, -0.1) is 11.6 Å². The van der Waals surface area contributed by atoms with Gasteiger partial charge in [0.25, 0.3) is 0 Å². The highest BCUT2D eigenvalue weighted by atomic mass is 35.5. The zero-order chi connectivity index (χ0) is 13.8. The Morgan fingerprint density at radius 1 is 1.26 bits per heavy atom. The SMILES string of the molecule is CC(c1ccccc1F)N(C)c1ncccc1CCl. The molecule has 4 heteroatoms. The van der Waals surface area contributed by atoms with Gasteiger partial charge in [0.15, 0.2) is 0 Å². The number of anilines is 1. The fourth-order valence-electron chi connectivity index (χ4n) is 2.06. The van der Waals surface area contributed by atoms with Gasteiger partial charge in [0.1, 0.15) is 11.6 Å². The first-order valence-electron chi connectivity index (χ1n) is 6.12. The molecule has 0 radical (unpaired) electrons. The molecule has 0 aliphatic carbocycles. The van der Waals surface area contributed by atoms with Crippen molar-refractivity contribution in [3.8, 4) is 0 Å². The molecule has 19 heavy (non-hydrogen) atoms. The zero-order valence-corrected chi connectivity index (χ0v) is 11.7. The minimum atomic E-state index is -0.204. The van der Waals surface area contributed by atoms with Gasteiger partial charge in [0.2, 0.25) is 0 Å². The van der Waals surface area contributed by atoms with Crippen molar-refractivity contribution in [3.05, 3.63) is 59.5 Å². The maximum absolute atomic E-state index is 13.8. The first-order valence-corrected chi connectivity index (χ1v) is 6.65. The molecule has 0 amide bonds. The molecule has 1 atom stereocenters. The largest absolute Gasteiger partial charge is 0.353 e. The smallest absolute Gasteiger partial charge is 0.133 e. The second-order valence-electron chi connectivity index (χ2n) is 4.43. The lowest BCUT2D eigenvalue weighted by atomic mass is 10.1. The summed E-state index contributed by atoms with van der Waals surface area (Å²) in [6.07, 6.45) is 1.72. The van der Waals surface area contributed by atoms with Crippen molar-refractivity contribution < 1.29 is 4.39 Å². The van der Waals surface area contributed by atoms with Gasteiger partial charge in [0.05, 0.1) is 11.9 Å². The van der Waals surface area contributed by atoms with E-state index in [-0.39, 0.29) is 11.9 Å². The standard InChI is InChI=1S/C15H16ClFN2/c1-11(13-7-3-4-8-14(13)17)19(2)15-12(10-16)6-5-9-18-15/h3-9,11H,10H2,1-2H3. The molecular weight excluding hydrogens is 263 g/mol. The van der Waals surface area contributed by atoms with E-state index in [1.54, 1.807) is 18.3 Å². The first-order chi connectivity index (χ1) is 9.15. The fraction of sp³-hybridized carbons (Fsp3) is 0.267. The summed E-state index contributed by atoms with van der Waals surface area (Å²) < 4.78 is 13.8. The average molecular weight is 279 g/mol. The van der Waals surface area contributed by atoms with E-state index in [0.717, 1.165) is 11.4 Å². The van der Waals surface area contributed by atoms with Crippen LogP contribution in [0.1, 0.15) is 24.1 Å². The predicted molar refractivity (Wildman–Crippen MR) is 77.0 cm³/mol. The molecule has 0 aliphatic heterocycles. The molecule has 0 saturated heterocycles. The molecule has 0 fully saturated rings. The summed E-state index contributed by atoms with van der Waals surface area (Å²) in [5.41, 5.74) is 1.59. The van der Waals surface area contributed by atoms with Crippen LogP contribution in [0.25, 0.3) is 0 Å². The number of benzene rings is 1. The maximum atomic E-state index is 13.8. The molecule has 1 heterocycles. The van der Waals surface area contributed by atoms with Crippen molar-refractivity contribution in [1.29, 1.82) is 0 Å². The number of halogens is 2. The lowest BCUT2D eigenvalue weighted by molar-refractivity contribution is 0.584. The van der Waals surface area contributed by atoms with Crippen LogP contribution in [0.4, 0.5) is 10.2 Å². The highest BCUT2D eigenvalue weighted by molar-refractivity contribution is 6.17. The summed E-state index contributed by atoms with van der Waals surface area (Å²) in [7, 11) is 1.90. The van der Waals surface area contributed by atoms with Crippen LogP contribution >= 0.6 is 11.6 Å². The van der Waals surface area contributed by atoms with Crippen molar-refractivity contribution in [2.45, 2.75) is 18.8 Å². The fourth-order valence-corrected chi connectivity index (χ4v) is 2.27. The van der Waals surface area contributed by atoms with Crippen LogP contribution in [0.2, 0.25) is 0 Å². The zero-order valence-electron chi connectivity index (χ0n) is 11.0. The van der Waals surface area contributed by atoms with Gasteiger partial charge in [0, 0.05) is 24.4 Å². The normalized spacial score (nSPS) is 12.2. The van der Waals surface area contributed by atoms with Crippen LogP contribution in [0.3, 0.4) is 0 Å². The molecule has 0 N–H and O–H groups in total. The van der Waals surface area contributed by atoms with Gasteiger partial charge in [-0.1, -0.05) is 24.3 Å². The van der Waals surface area contributed by atoms with Crippen molar-refractivity contribution in [3.63, 3.8) is 0 Å². The first kappa shape index (κ1) is 13.8. The summed E-state index contributed by atoms with van der Waals surface area (Å²) in [5.74, 6) is 0.968. The average Bonchev–Trinajstić information content (AvgIpc) is 2.46. The molecule has 0 aliphatic rings. The van der Waals surface area contributed by atoms with E-state index in [9.17, 15) is 4.39 Å². The Morgan fingerprint density at radius 3 is 2.68 bits per heavy atom. The van der Waals surface area contributed by atoms with E-state index in [0.29, 0.717) is 11.4 Å². The molecule has 0 saturated carbocycles. The molecular formula is C15H16ClFN2. The number of hydrogen-bond acceptors (Lipinski definition) is 2. The molecule has 1 aromatic heterocycles. The van der Waals surface area contributed by atoms with E-state index in [1.165, 1.54) is 6.07 Å². The number of rotatable bonds is 4. The second-order valence-corrected chi connectivity index (χ2v) is 4.70. The molecule has 0 bridgehead atoms. The highest BCUT2D eigenvalue weighted by Crippen LogP contribution is 2.28. The molecule has 2 rings (SSSR count). The predicted octanol–water partition coefficient (Wildman–Crippen LogP) is 4.16. The quantitative estimate of drug-likeness (QED) is 0.781. The molecule has 100 valence electrons. The van der Waals surface area contributed by atoms with E-state index in [4.69, 9.17) is 11.6 Å². The Morgan fingerprint density at radius 2 is 2.00 bits per heavy atom. The molecule has 1 aromatic carbocycles. The molecule has 1 unspecified atom stereocenters. The van der Waals surface area contributed by atoms with Gasteiger partial charge in [-0.3, -0.25) is 0 Å². The second kappa shape index (κ2) is 6.02. The Labute approximate surface area is 117 Å². The van der Waals surface area contributed by atoms with Crippen molar-refractivity contribution in [2.24, 2.45) is 0 Å². The van der Waals surface area contributed by atoms with Gasteiger partial charge < -0.3 is 4.90 Å². The third-order valence-electron chi connectivity index (χ3n) is 3.28. The minimum absolute atomic E-state index is 0.113. The third-order valence-corrected chi connectivity index (χ3v) is 3.57. The van der Waals surface area contributed by atoms with E-state index < -0.39 is 0 Å². The van der Waals surface area contributed by atoms with Gasteiger partial charge >= 0.3 is 0 Å². The van der Waals surface area contributed by atoms with Crippen LogP contribution in [0.15, 0.2) is 42.6 Å². The summed E-state index contributed by atoms with van der Waals surface area (Å²) in [6.45, 7) is 1.95. The molecule has 2 nitrogen and oxygen atoms in total. The topological polar surface area (TPSA) is 16.1 Å². The van der Waals surface area contributed by atoms with Crippen molar-refractivity contribution >= 4 is 17.4 Å². The van der Waals surface area contributed by atoms with Crippen LogP contribution in [-0.2, 0) is 5.88 Å². The van der Waals surface area contributed by atoms with Crippen molar-refractivity contribution in [2.75, 3.05) is 11.9 Å². The lowest BCUT2D eigenvalue weighted by Gasteiger charge is -2.28. The van der Waals surface area contributed by atoms with E-state index in [2.05, 4.69) is 4.98 Å². The number of nitrogens with zero attached hydrogens (tertiary/aromatic N) is 2. The Hall–Kier alpha value is -1.61. The van der Waals surface area contributed by atoms with Gasteiger partial charge in [-0.25, -0.2) is 9.37 Å². The van der Waals surface area contributed by atoms with E-state index in [1.807, 2.05) is 37.1 Å². The third kappa shape index (κ3) is 2.87. The van der Waals surface area contributed by atoms with E-state index >= 15 is 0 Å². The van der Waals surface area contributed by atoms with Crippen molar-refractivity contribution in [1.82, 2.24) is 4.98 Å². The number of aromatic nitrogens is 1. The number of alkyl halides is 1. The summed E-state index contributed by atoms with van der Waals surface area (Å²) >= 11 is 5.92. The number of pyridine rings is 1. The lowest BCUT2D eigenvalue weighted by Crippen LogP contribution is -2.24. The number of hydrogen-bond donors (Lipinski definition) is 0. The maximum Gasteiger partial charge on any atom is 0.133 e. The van der Waals surface area contributed by atoms with Crippen LogP contribution in [-0.4, -0.2) is 12.0 Å². The van der Waals surface area contributed by atoms with Crippen LogP contribution in [0.5, 0.6) is 0 Å². The molecule has 2 aromatic rings. The monoisotopic (exact) mass is 278 g/mol. The highest BCUT2D eigenvalue weighted by Gasteiger charge is 2.18.